The van der Waals surface area contributed by atoms with Gasteiger partial charge in [0, 0.05) is 6.20 Å². The van der Waals surface area contributed by atoms with Crippen molar-refractivity contribution < 1.29 is 9.90 Å². The van der Waals surface area contributed by atoms with Crippen LogP contribution in [0.4, 0.5) is 0 Å². The zero-order chi connectivity index (χ0) is 13.9. The van der Waals surface area contributed by atoms with Gasteiger partial charge in [0.15, 0.2) is 5.16 Å². The van der Waals surface area contributed by atoms with Gasteiger partial charge in [-0.05, 0) is 28.5 Å². The maximum absolute atomic E-state index is 10.7. The molecule has 0 saturated carbocycles. The molecule has 0 atom stereocenters. The minimum Gasteiger partial charge on any atom is -0.481 e. The van der Waals surface area contributed by atoms with E-state index in [4.69, 9.17) is 5.11 Å². The van der Waals surface area contributed by atoms with E-state index in [1.807, 2.05) is 16.0 Å². The van der Waals surface area contributed by atoms with Gasteiger partial charge >= 0.3 is 5.97 Å². The summed E-state index contributed by atoms with van der Waals surface area (Å²) < 4.78 is 2.03. The Balaban J connectivity index is 2.01. The lowest BCUT2D eigenvalue weighted by molar-refractivity contribution is -0.133. The van der Waals surface area contributed by atoms with Crippen LogP contribution in [0.5, 0.6) is 0 Å². The first-order valence-corrected chi connectivity index (χ1v) is 7.83. The van der Waals surface area contributed by atoms with Crippen LogP contribution in [0, 0.1) is 0 Å². The molecule has 0 spiro atoms. The summed E-state index contributed by atoms with van der Waals surface area (Å²) in [6.07, 6.45) is 3.42. The monoisotopic (exact) mass is 305 g/mol. The smallest absolute Gasteiger partial charge is 0.313 e. The van der Waals surface area contributed by atoms with Gasteiger partial charge in [0.2, 0.25) is 0 Å². The fraction of sp³-hybridized carbons (Fsp3) is 0.154. The van der Waals surface area contributed by atoms with Crippen LogP contribution < -0.4 is 0 Å². The van der Waals surface area contributed by atoms with Crippen LogP contribution in [0.25, 0.3) is 11.0 Å². The Morgan fingerprint density at radius 1 is 1.45 bits per heavy atom. The number of nitrogens with zero attached hydrogens (tertiary/aromatic N) is 3. The number of aromatic nitrogens is 3. The second-order valence-electron chi connectivity index (χ2n) is 4.16. The number of imidazole rings is 1. The van der Waals surface area contributed by atoms with Crippen LogP contribution in [0.2, 0.25) is 0 Å². The number of thiophene rings is 1. The third kappa shape index (κ3) is 2.68. The molecule has 3 aromatic rings. The van der Waals surface area contributed by atoms with Crippen molar-refractivity contribution >= 4 is 40.1 Å². The summed E-state index contributed by atoms with van der Waals surface area (Å²) in [5.74, 6) is -0.845. The number of carboxylic acid groups (broad SMARTS) is 1. The highest BCUT2D eigenvalue weighted by Gasteiger charge is 2.13. The fourth-order valence-electron chi connectivity index (χ4n) is 1.91. The molecule has 0 aromatic carbocycles. The Hall–Kier alpha value is -1.86. The fourth-order valence-corrected chi connectivity index (χ4v) is 3.31. The van der Waals surface area contributed by atoms with E-state index < -0.39 is 5.97 Å². The van der Waals surface area contributed by atoms with Gasteiger partial charge in [-0.25, -0.2) is 4.98 Å². The Morgan fingerprint density at radius 3 is 3.10 bits per heavy atom. The van der Waals surface area contributed by atoms with Gasteiger partial charge in [-0.2, -0.15) is 11.3 Å². The summed E-state index contributed by atoms with van der Waals surface area (Å²) >= 11 is 2.87. The highest BCUT2D eigenvalue weighted by molar-refractivity contribution is 7.99. The van der Waals surface area contributed by atoms with Gasteiger partial charge in [-0.3, -0.25) is 9.78 Å². The molecule has 7 heteroatoms. The second kappa shape index (κ2) is 5.64. The standard InChI is InChI=1S/C13H11N3O2S2/c17-12(18)8-20-13-15-10-5-14-3-1-11(10)16(13)6-9-2-4-19-7-9/h1-5,7H,6,8H2,(H,17,18). The van der Waals surface area contributed by atoms with Crippen molar-refractivity contribution in [2.24, 2.45) is 0 Å². The summed E-state index contributed by atoms with van der Waals surface area (Å²) in [7, 11) is 0. The number of carboxylic acids is 1. The molecule has 3 heterocycles. The molecule has 1 N–H and O–H groups in total. The summed E-state index contributed by atoms with van der Waals surface area (Å²) in [5, 5.41) is 13.6. The molecular weight excluding hydrogens is 294 g/mol. The van der Waals surface area contributed by atoms with Crippen molar-refractivity contribution in [2.45, 2.75) is 11.7 Å². The van der Waals surface area contributed by atoms with Gasteiger partial charge in [0.05, 0.1) is 24.0 Å². The number of hydrogen-bond acceptors (Lipinski definition) is 5. The van der Waals surface area contributed by atoms with Gasteiger partial charge in [-0.15, -0.1) is 0 Å². The lowest BCUT2D eigenvalue weighted by Gasteiger charge is -2.06. The normalized spacial score (nSPS) is 11.0. The van der Waals surface area contributed by atoms with Crippen LogP contribution in [-0.2, 0) is 11.3 Å². The minimum absolute atomic E-state index is 0.000384. The molecule has 3 rings (SSSR count). The summed E-state index contributed by atoms with van der Waals surface area (Å²) in [6, 6.07) is 3.96. The first-order valence-electron chi connectivity index (χ1n) is 5.90. The quantitative estimate of drug-likeness (QED) is 0.734. The van der Waals surface area contributed by atoms with E-state index in [2.05, 4.69) is 21.4 Å². The number of thioether (sulfide) groups is 1. The van der Waals surface area contributed by atoms with E-state index >= 15 is 0 Å². The van der Waals surface area contributed by atoms with Crippen molar-refractivity contribution in [1.82, 2.24) is 14.5 Å². The SMILES string of the molecule is O=C(O)CSc1nc2cnccc2n1Cc1ccsc1. The molecule has 0 saturated heterocycles. The third-order valence-electron chi connectivity index (χ3n) is 2.76. The zero-order valence-electron chi connectivity index (χ0n) is 10.4. The van der Waals surface area contributed by atoms with E-state index in [0.717, 1.165) is 11.0 Å². The third-order valence-corrected chi connectivity index (χ3v) is 4.45. The van der Waals surface area contributed by atoms with Gasteiger partial charge < -0.3 is 9.67 Å². The Morgan fingerprint density at radius 2 is 2.35 bits per heavy atom. The van der Waals surface area contributed by atoms with Crippen molar-refractivity contribution in [3.05, 3.63) is 40.8 Å². The first-order chi connectivity index (χ1) is 9.74. The highest BCUT2D eigenvalue weighted by atomic mass is 32.2. The Labute approximate surface area is 123 Å². The summed E-state index contributed by atoms with van der Waals surface area (Å²) in [6.45, 7) is 0.686. The molecule has 0 aliphatic heterocycles. The van der Waals surface area contributed by atoms with Crippen LogP contribution in [0.3, 0.4) is 0 Å². The molecule has 0 unspecified atom stereocenters. The van der Waals surface area contributed by atoms with E-state index in [9.17, 15) is 4.79 Å². The molecular formula is C13H11N3O2S2. The first kappa shape index (κ1) is 13.1. The largest absolute Gasteiger partial charge is 0.481 e. The van der Waals surface area contributed by atoms with E-state index in [1.54, 1.807) is 23.7 Å². The van der Waals surface area contributed by atoms with E-state index in [-0.39, 0.29) is 5.75 Å². The molecule has 0 radical (unpaired) electrons. The van der Waals surface area contributed by atoms with E-state index in [0.29, 0.717) is 11.7 Å². The molecule has 0 aliphatic carbocycles. The number of aliphatic carboxylic acids is 1. The molecule has 0 amide bonds. The lowest BCUT2D eigenvalue weighted by atomic mass is 10.3. The maximum atomic E-state index is 10.7. The number of pyridine rings is 1. The van der Waals surface area contributed by atoms with Crippen LogP contribution in [0.1, 0.15) is 5.56 Å². The number of hydrogen-bond donors (Lipinski definition) is 1. The molecule has 0 aliphatic rings. The van der Waals surface area contributed by atoms with Crippen molar-refractivity contribution in [2.75, 3.05) is 5.75 Å². The molecule has 102 valence electrons. The molecule has 5 nitrogen and oxygen atoms in total. The lowest BCUT2D eigenvalue weighted by Crippen LogP contribution is -2.04. The predicted molar refractivity (Wildman–Crippen MR) is 79.3 cm³/mol. The Bertz CT molecular complexity index is 737. The average Bonchev–Trinajstić information content (AvgIpc) is 3.05. The topological polar surface area (TPSA) is 68.0 Å². The van der Waals surface area contributed by atoms with Gasteiger partial charge in [0.1, 0.15) is 5.52 Å². The molecule has 3 aromatic heterocycles. The Kier molecular flexibility index (Phi) is 3.70. The molecule has 20 heavy (non-hydrogen) atoms. The highest BCUT2D eigenvalue weighted by Crippen LogP contribution is 2.25. The predicted octanol–water partition coefficient (Wildman–Crippen LogP) is 2.72. The molecule has 0 bridgehead atoms. The number of rotatable bonds is 5. The van der Waals surface area contributed by atoms with Crippen molar-refractivity contribution in [3.63, 3.8) is 0 Å². The summed E-state index contributed by atoms with van der Waals surface area (Å²) in [5.41, 5.74) is 2.94. The number of carbonyl (C=O) groups is 1. The van der Waals surface area contributed by atoms with Crippen LogP contribution >= 0.6 is 23.1 Å². The zero-order valence-corrected chi connectivity index (χ0v) is 12.0. The van der Waals surface area contributed by atoms with Crippen molar-refractivity contribution in [3.8, 4) is 0 Å². The van der Waals surface area contributed by atoms with Crippen LogP contribution in [0.15, 0.2) is 40.4 Å². The maximum Gasteiger partial charge on any atom is 0.313 e. The van der Waals surface area contributed by atoms with Gasteiger partial charge in [-0.1, -0.05) is 11.8 Å². The van der Waals surface area contributed by atoms with Gasteiger partial charge in [0.25, 0.3) is 0 Å². The number of fused-ring (bicyclic) bond motifs is 1. The average molecular weight is 305 g/mol. The van der Waals surface area contributed by atoms with Crippen LogP contribution in [-0.4, -0.2) is 31.4 Å². The molecule has 0 fully saturated rings. The van der Waals surface area contributed by atoms with E-state index in [1.165, 1.54) is 17.3 Å². The summed E-state index contributed by atoms with van der Waals surface area (Å²) in [4.78, 5) is 19.3. The minimum atomic E-state index is -0.845. The van der Waals surface area contributed by atoms with Crippen molar-refractivity contribution in [1.29, 1.82) is 0 Å². The second-order valence-corrected chi connectivity index (χ2v) is 5.88.